The number of carbonyl (C=O) groups excluding carboxylic acids is 2. The van der Waals surface area contributed by atoms with Gasteiger partial charge in [-0.3, -0.25) is 9.59 Å². The van der Waals surface area contributed by atoms with Crippen LogP contribution in [0.4, 0.5) is 0 Å². The Labute approximate surface area is 147 Å². The largest absolute Gasteiger partial charge is 0.466 e. The van der Waals surface area contributed by atoms with Crippen LogP contribution in [0.2, 0.25) is 5.02 Å². The maximum Gasteiger partial charge on any atom is 0.306 e. The minimum absolute atomic E-state index is 0.0335. The number of ketones is 1. The van der Waals surface area contributed by atoms with Gasteiger partial charge in [-0.25, -0.2) is 0 Å². The molecule has 5 heteroatoms. The number of ether oxygens (including phenoxy) is 1. The van der Waals surface area contributed by atoms with Gasteiger partial charge in [0.2, 0.25) is 0 Å². The van der Waals surface area contributed by atoms with Crippen LogP contribution in [0.1, 0.15) is 56.2 Å². The third-order valence-corrected chi connectivity index (χ3v) is 4.18. The predicted molar refractivity (Wildman–Crippen MR) is 94.6 cm³/mol. The molecular weight excluding hydrogens is 328 g/mol. The number of halogens is 1. The number of esters is 1. The normalized spacial score (nSPS) is 11.7. The first kappa shape index (κ1) is 18.5. The number of Topliss-reactive ketones (excluding diaryl/α,β-unsaturated/α-hetero) is 1. The molecule has 0 bridgehead atoms. The fourth-order valence-corrected chi connectivity index (χ4v) is 2.96. The van der Waals surface area contributed by atoms with Crippen LogP contribution >= 0.6 is 11.6 Å². The van der Waals surface area contributed by atoms with E-state index in [1.165, 1.54) is 0 Å². The van der Waals surface area contributed by atoms with E-state index in [0.717, 1.165) is 11.1 Å². The van der Waals surface area contributed by atoms with Crippen molar-refractivity contribution in [1.29, 1.82) is 0 Å². The Hall–Kier alpha value is -1.81. The highest BCUT2D eigenvalue weighted by molar-refractivity contribution is 6.32. The smallest absolute Gasteiger partial charge is 0.306 e. The molecule has 2 aromatic rings. The molecule has 0 atom stereocenters. The molecule has 0 saturated carbocycles. The van der Waals surface area contributed by atoms with Crippen LogP contribution in [0.25, 0.3) is 11.0 Å². The summed E-state index contributed by atoms with van der Waals surface area (Å²) >= 11 is 6.12. The zero-order valence-corrected chi connectivity index (χ0v) is 15.3. The van der Waals surface area contributed by atoms with Crippen LogP contribution < -0.4 is 0 Å². The summed E-state index contributed by atoms with van der Waals surface area (Å²) in [4.78, 5) is 24.3. The summed E-state index contributed by atoms with van der Waals surface area (Å²) in [5.41, 5.74) is 0.765. The molecule has 0 N–H and O–H groups in total. The van der Waals surface area contributed by atoms with Gasteiger partial charge in [0.25, 0.3) is 0 Å². The summed E-state index contributed by atoms with van der Waals surface area (Å²) in [6.07, 6.45) is 1.19. The maximum atomic E-state index is 12.6. The van der Waals surface area contributed by atoms with Crippen molar-refractivity contribution in [3.63, 3.8) is 0 Å². The highest BCUT2D eigenvalue weighted by atomic mass is 35.5. The highest BCUT2D eigenvalue weighted by Crippen LogP contribution is 2.31. The molecule has 0 radical (unpaired) electrons. The van der Waals surface area contributed by atoms with Gasteiger partial charge >= 0.3 is 5.97 Å². The number of furan rings is 1. The van der Waals surface area contributed by atoms with Gasteiger partial charge in [0.15, 0.2) is 5.78 Å². The van der Waals surface area contributed by atoms with Crippen molar-refractivity contribution in [2.24, 2.45) is 5.41 Å². The Kier molecular flexibility index (Phi) is 5.70. The molecule has 0 fully saturated rings. The average molecular weight is 351 g/mol. The van der Waals surface area contributed by atoms with E-state index in [1.807, 2.05) is 26.8 Å². The Balaban J connectivity index is 2.11. The fourth-order valence-electron chi connectivity index (χ4n) is 2.73. The second kappa shape index (κ2) is 7.39. The van der Waals surface area contributed by atoms with E-state index in [9.17, 15) is 9.59 Å². The molecule has 0 amide bonds. The Morgan fingerprint density at radius 3 is 2.62 bits per heavy atom. The second-order valence-corrected chi connectivity index (χ2v) is 7.23. The summed E-state index contributed by atoms with van der Waals surface area (Å²) in [6, 6.07) is 5.30. The Morgan fingerprint density at radius 2 is 1.96 bits per heavy atom. The standard InChI is InChI=1S/C19H23ClO4/c1-5-23-17(22)11-19(3,4)7-6-16(21)15-10-14(20)9-13-8-12(2)24-18(13)15/h8-10H,5-7,11H2,1-4H3. The molecule has 0 aliphatic carbocycles. The molecule has 0 saturated heterocycles. The number of aryl methyl sites for hydroxylation is 1. The summed E-state index contributed by atoms with van der Waals surface area (Å²) in [7, 11) is 0. The van der Waals surface area contributed by atoms with Crippen molar-refractivity contribution in [3.8, 4) is 0 Å². The molecule has 24 heavy (non-hydrogen) atoms. The van der Waals surface area contributed by atoms with E-state index < -0.39 is 0 Å². The molecule has 1 aromatic carbocycles. The lowest BCUT2D eigenvalue weighted by molar-refractivity contribution is -0.145. The Bertz CT molecular complexity index is 758. The van der Waals surface area contributed by atoms with Gasteiger partial charge in [0.1, 0.15) is 11.3 Å². The quantitative estimate of drug-likeness (QED) is 0.499. The predicted octanol–water partition coefficient (Wildman–Crippen LogP) is 5.34. The number of carbonyl (C=O) groups is 2. The van der Waals surface area contributed by atoms with Crippen molar-refractivity contribution in [2.45, 2.75) is 47.0 Å². The molecule has 130 valence electrons. The van der Waals surface area contributed by atoms with Crippen LogP contribution in [-0.4, -0.2) is 18.4 Å². The number of rotatable bonds is 7. The first-order valence-electron chi connectivity index (χ1n) is 8.10. The average Bonchev–Trinajstić information content (AvgIpc) is 2.83. The van der Waals surface area contributed by atoms with Crippen molar-refractivity contribution < 1.29 is 18.7 Å². The summed E-state index contributed by atoms with van der Waals surface area (Å²) in [5.74, 6) is 0.472. The minimum atomic E-state index is -0.307. The first-order chi connectivity index (χ1) is 11.2. The monoisotopic (exact) mass is 350 g/mol. The number of hydrogen-bond donors (Lipinski definition) is 0. The van der Waals surface area contributed by atoms with Crippen LogP contribution in [0.5, 0.6) is 0 Å². The van der Waals surface area contributed by atoms with Gasteiger partial charge in [0, 0.05) is 16.8 Å². The zero-order valence-electron chi connectivity index (χ0n) is 14.6. The van der Waals surface area contributed by atoms with E-state index in [2.05, 4.69) is 0 Å². The summed E-state index contributed by atoms with van der Waals surface area (Å²) in [5, 5.41) is 1.34. The number of benzene rings is 1. The second-order valence-electron chi connectivity index (χ2n) is 6.80. The molecule has 4 nitrogen and oxygen atoms in total. The molecule has 1 heterocycles. The summed E-state index contributed by atoms with van der Waals surface area (Å²) in [6.45, 7) is 7.91. The van der Waals surface area contributed by atoms with Gasteiger partial charge < -0.3 is 9.15 Å². The van der Waals surface area contributed by atoms with Gasteiger partial charge in [-0.1, -0.05) is 25.4 Å². The van der Waals surface area contributed by atoms with Crippen molar-refractivity contribution in [1.82, 2.24) is 0 Å². The van der Waals surface area contributed by atoms with Gasteiger partial charge in [-0.2, -0.15) is 0 Å². The number of fused-ring (bicyclic) bond motifs is 1. The molecule has 0 aliphatic rings. The topological polar surface area (TPSA) is 56.5 Å². The van der Waals surface area contributed by atoms with E-state index in [1.54, 1.807) is 19.1 Å². The van der Waals surface area contributed by atoms with Crippen LogP contribution in [0.15, 0.2) is 22.6 Å². The SMILES string of the molecule is CCOC(=O)CC(C)(C)CCC(=O)c1cc(Cl)cc2cc(C)oc12. The van der Waals surface area contributed by atoms with Crippen molar-refractivity contribution in [3.05, 3.63) is 34.5 Å². The molecular formula is C19H23ClO4. The van der Waals surface area contributed by atoms with Gasteiger partial charge in [-0.15, -0.1) is 0 Å². The molecule has 0 aliphatic heterocycles. The lowest BCUT2D eigenvalue weighted by Crippen LogP contribution is -2.20. The van der Waals surface area contributed by atoms with Crippen molar-refractivity contribution >= 4 is 34.3 Å². The minimum Gasteiger partial charge on any atom is -0.466 e. The molecule has 0 spiro atoms. The van der Waals surface area contributed by atoms with E-state index in [4.69, 9.17) is 20.8 Å². The van der Waals surface area contributed by atoms with E-state index in [-0.39, 0.29) is 17.2 Å². The highest BCUT2D eigenvalue weighted by Gasteiger charge is 2.25. The van der Waals surface area contributed by atoms with Gasteiger partial charge in [0.05, 0.1) is 18.6 Å². The third kappa shape index (κ3) is 4.60. The van der Waals surface area contributed by atoms with Crippen LogP contribution in [-0.2, 0) is 9.53 Å². The number of hydrogen-bond acceptors (Lipinski definition) is 4. The summed E-state index contributed by atoms with van der Waals surface area (Å²) < 4.78 is 10.6. The lowest BCUT2D eigenvalue weighted by Gasteiger charge is -2.22. The molecule has 2 rings (SSSR count). The van der Waals surface area contributed by atoms with E-state index >= 15 is 0 Å². The van der Waals surface area contributed by atoms with E-state index in [0.29, 0.717) is 42.0 Å². The van der Waals surface area contributed by atoms with Crippen LogP contribution in [0, 0.1) is 12.3 Å². The molecule has 1 aromatic heterocycles. The van der Waals surface area contributed by atoms with Gasteiger partial charge in [-0.05, 0) is 43.9 Å². The maximum absolute atomic E-state index is 12.6. The lowest BCUT2D eigenvalue weighted by atomic mass is 9.83. The first-order valence-corrected chi connectivity index (χ1v) is 8.48. The zero-order chi connectivity index (χ0) is 17.9. The fraction of sp³-hybridized carbons (Fsp3) is 0.474. The van der Waals surface area contributed by atoms with Crippen molar-refractivity contribution in [2.75, 3.05) is 6.61 Å². The van der Waals surface area contributed by atoms with Crippen LogP contribution in [0.3, 0.4) is 0 Å². The Morgan fingerprint density at radius 1 is 1.25 bits per heavy atom. The third-order valence-electron chi connectivity index (χ3n) is 3.96. The molecule has 0 unspecified atom stereocenters.